The fourth-order valence-corrected chi connectivity index (χ4v) is 4.06. The van der Waals surface area contributed by atoms with Crippen LogP contribution in [-0.4, -0.2) is 50.3 Å². The molecule has 1 aromatic carbocycles. The number of hydrogen-bond acceptors (Lipinski definition) is 2. The topological polar surface area (TPSA) is 36.9 Å². The Balaban J connectivity index is 0.00000280. The molecule has 1 heterocycles. The maximum absolute atomic E-state index is 13.7. The Morgan fingerprint density at radius 3 is 2.57 bits per heavy atom. The number of ether oxygens (including phenoxy) is 1. The SMILES string of the molecule is CN=C(NCCc1cc(F)ccc1F)N1CCC(OCC2CCCC2)CC1.I. The minimum Gasteiger partial charge on any atom is -0.378 e. The van der Waals surface area contributed by atoms with Gasteiger partial charge < -0.3 is 15.0 Å². The second-order valence-corrected chi connectivity index (χ2v) is 7.63. The van der Waals surface area contributed by atoms with Crippen LogP contribution in [0.1, 0.15) is 44.1 Å². The monoisotopic (exact) mass is 507 g/mol. The van der Waals surface area contributed by atoms with Crippen LogP contribution in [0.3, 0.4) is 0 Å². The molecule has 1 aliphatic heterocycles. The summed E-state index contributed by atoms with van der Waals surface area (Å²) in [5.41, 5.74) is 0.386. The molecule has 1 saturated carbocycles. The quantitative estimate of drug-likeness (QED) is 0.353. The van der Waals surface area contributed by atoms with E-state index in [1.54, 1.807) is 7.05 Å². The largest absolute Gasteiger partial charge is 0.378 e. The van der Waals surface area contributed by atoms with Crippen LogP contribution < -0.4 is 5.32 Å². The van der Waals surface area contributed by atoms with Crippen molar-refractivity contribution in [2.24, 2.45) is 10.9 Å². The highest BCUT2D eigenvalue weighted by Gasteiger charge is 2.23. The molecule has 0 aromatic heterocycles. The lowest BCUT2D eigenvalue weighted by Crippen LogP contribution is -2.47. The Kier molecular flexibility index (Phi) is 9.91. The second-order valence-electron chi connectivity index (χ2n) is 7.63. The smallest absolute Gasteiger partial charge is 0.193 e. The zero-order valence-corrected chi connectivity index (χ0v) is 19.0. The summed E-state index contributed by atoms with van der Waals surface area (Å²) in [6.07, 6.45) is 8.13. The summed E-state index contributed by atoms with van der Waals surface area (Å²) in [4.78, 5) is 6.56. The lowest BCUT2D eigenvalue weighted by Gasteiger charge is -2.34. The molecule has 0 amide bonds. The van der Waals surface area contributed by atoms with E-state index in [1.807, 2.05) is 0 Å². The number of guanidine groups is 1. The number of piperidine rings is 1. The Labute approximate surface area is 184 Å². The number of halogens is 3. The summed E-state index contributed by atoms with van der Waals surface area (Å²) in [6, 6.07) is 3.58. The predicted octanol–water partition coefficient (Wildman–Crippen LogP) is 4.37. The zero-order chi connectivity index (χ0) is 19.1. The van der Waals surface area contributed by atoms with E-state index >= 15 is 0 Å². The van der Waals surface area contributed by atoms with Gasteiger partial charge in [0.05, 0.1) is 6.10 Å². The van der Waals surface area contributed by atoms with Crippen molar-refractivity contribution in [3.05, 3.63) is 35.4 Å². The number of benzene rings is 1. The molecule has 3 rings (SSSR count). The normalized spacial score (nSPS) is 19.0. The van der Waals surface area contributed by atoms with E-state index in [1.165, 1.54) is 37.8 Å². The fraction of sp³-hybridized carbons (Fsp3) is 0.667. The van der Waals surface area contributed by atoms with Crippen molar-refractivity contribution in [1.82, 2.24) is 10.2 Å². The third-order valence-electron chi connectivity index (χ3n) is 5.68. The molecule has 1 aliphatic carbocycles. The zero-order valence-electron chi connectivity index (χ0n) is 16.6. The number of nitrogens with zero attached hydrogens (tertiary/aromatic N) is 2. The molecular formula is C21H32F2IN3O. The molecule has 158 valence electrons. The Bertz CT molecular complexity index is 630. The van der Waals surface area contributed by atoms with Gasteiger partial charge in [-0.15, -0.1) is 24.0 Å². The molecule has 2 fully saturated rings. The maximum Gasteiger partial charge on any atom is 0.193 e. The molecule has 0 radical (unpaired) electrons. The molecule has 2 aliphatic rings. The van der Waals surface area contributed by atoms with Gasteiger partial charge in [0.15, 0.2) is 5.96 Å². The van der Waals surface area contributed by atoms with Crippen LogP contribution in [0.4, 0.5) is 8.78 Å². The molecule has 28 heavy (non-hydrogen) atoms. The van der Waals surface area contributed by atoms with Crippen LogP contribution >= 0.6 is 24.0 Å². The van der Waals surface area contributed by atoms with E-state index in [4.69, 9.17) is 4.74 Å². The van der Waals surface area contributed by atoms with Crippen LogP contribution in [0.15, 0.2) is 23.2 Å². The van der Waals surface area contributed by atoms with Crippen molar-refractivity contribution >= 4 is 29.9 Å². The third kappa shape index (κ3) is 6.83. The number of hydrogen-bond donors (Lipinski definition) is 1. The van der Waals surface area contributed by atoms with Gasteiger partial charge >= 0.3 is 0 Å². The van der Waals surface area contributed by atoms with E-state index in [0.717, 1.165) is 50.5 Å². The molecule has 1 saturated heterocycles. The van der Waals surface area contributed by atoms with E-state index in [9.17, 15) is 8.78 Å². The number of nitrogens with one attached hydrogen (secondary N) is 1. The first-order valence-electron chi connectivity index (χ1n) is 10.2. The van der Waals surface area contributed by atoms with E-state index < -0.39 is 5.82 Å². The molecule has 4 nitrogen and oxygen atoms in total. The number of aliphatic imine (C=N–C) groups is 1. The van der Waals surface area contributed by atoms with Gasteiger partial charge in [-0.1, -0.05) is 12.8 Å². The van der Waals surface area contributed by atoms with Crippen LogP contribution in [-0.2, 0) is 11.2 Å². The fourth-order valence-electron chi connectivity index (χ4n) is 4.06. The molecule has 1 aromatic rings. The predicted molar refractivity (Wildman–Crippen MR) is 119 cm³/mol. The Morgan fingerprint density at radius 2 is 1.89 bits per heavy atom. The van der Waals surface area contributed by atoms with Crippen molar-refractivity contribution in [2.45, 2.75) is 51.0 Å². The molecule has 7 heteroatoms. The molecule has 0 atom stereocenters. The third-order valence-corrected chi connectivity index (χ3v) is 5.68. The van der Waals surface area contributed by atoms with Gasteiger partial charge in [-0.2, -0.15) is 0 Å². The van der Waals surface area contributed by atoms with Gasteiger partial charge in [-0.05, 0) is 61.8 Å². The molecule has 0 bridgehead atoms. The minimum absolute atomic E-state index is 0. The Hall–Kier alpha value is -0.960. The lowest BCUT2D eigenvalue weighted by atomic mass is 10.1. The first-order chi connectivity index (χ1) is 13.2. The average molecular weight is 507 g/mol. The van der Waals surface area contributed by atoms with Crippen molar-refractivity contribution in [3.8, 4) is 0 Å². The number of rotatable bonds is 6. The van der Waals surface area contributed by atoms with Crippen LogP contribution in [0.2, 0.25) is 0 Å². The van der Waals surface area contributed by atoms with Gasteiger partial charge in [-0.25, -0.2) is 8.78 Å². The summed E-state index contributed by atoms with van der Waals surface area (Å²) in [6.45, 7) is 3.24. The first-order valence-corrected chi connectivity index (χ1v) is 10.2. The van der Waals surface area contributed by atoms with Gasteiger partial charge in [-0.3, -0.25) is 4.99 Å². The van der Waals surface area contributed by atoms with Crippen LogP contribution in [0, 0.1) is 17.6 Å². The summed E-state index contributed by atoms with van der Waals surface area (Å²) in [5, 5.41) is 3.27. The lowest BCUT2D eigenvalue weighted by molar-refractivity contribution is 0.00103. The van der Waals surface area contributed by atoms with Gasteiger partial charge in [0.1, 0.15) is 11.6 Å². The first kappa shape index (κ1) is 23.3. The van der Waals surface area contributed by atoms with Crippen molar-refractivity contribution < 1.29 is 13.5 Å². The molecule has 0 unspecified atom stereocenters. The Morgan fingerprint density at radius 1 is 1.18 bits per heavy atom. The van der Waals surface area contributed by atoms with Crippen LogP contribution in [0.5, 0.6) is 0 Å². The molecular weight excluding hydrogens is 475 g/mol. The second kappa shape index (κ2) is 11.9. The highest BCUT2D eigenvalue weighted by atomic mass is 127. The summed E-state index contributed by atoms with van der Waals surface area (Å²) < 4.78 is 33.1. The summed E-state index contributed by atoms with van der Waals surface area (Å²) in [7, 11) is 1.76. The van der Waals surface area contributed by atoms with Gasteiger partial charge in [0, 0.05) is 33.3 Å². The maximum atomic E-state index is 13.7. The number of likely N-dealkylation sites (tertiary alicyclic amines) is 1. The summed E-state index contributed by atoms with van der Waals surface area (Å²) >= 11 is 0. The van der Waals surface area contributed by atoms with E-state index in [2.05, 4.69) is 15.2 Å². The standard InChI is InChI=1S/C21H31F2N3O.HI/c1-24-21(25-11-8-17-14-18(22)6-7-20(17)23)26-12-9-19(10-13-26)27-15-16-4-2-3-5-16;/h6-7,14,16,19H,2-5,8-13,15H2,1H3,(H,24,25);1H. The van der Waals surface area contributed by atoms with E-state index in [0.29, 0.717) is 24.6 Å². The van der Waals surface area contributed by atoms with Crippen molar-refractivity contribution in [2.75, 3.05) is 33.3 Å². The van der Waals surface area contributed by atoms with Gasteiger partial charge in [0.2, 0.25) is 0 Å². The molecule has 1 N–H and O–H groups in total. The van der Waals surface area contributed by atoms with Crippen molar-refractivity contribution in [3.63, 3.8) is 0 Å². The summed E-state index contributed by atoms with van der Waals surface area (Å²) in [5.74, 6) is 0.811. The van der Waals surface area contributed by atoms with Gasteiger partial charge in [0.25, 0.3) is 0 Å². The highest BCUT2D eigenvalue weighted by molar-refractivity contribution is 14.0. The molecule has 0 spiro atoms. The van der Waals surface area contributed by atoms with E-state index in [-0.39, 0.29) is 29.8 Å². The minimum atomic E-state index is -0.407. The highest BCUT2D eigenvalue weighted by Crippen LogP contribution is 2.26. The van der Waals surface area contributed by atoms with Crippen molar-refractivity contribution in [1.29, 1.82) is 0 Å². The van der Waals surface area contributed by atoms with Crippen LogP contribution in [0.25, 0.3) is 0 Å². The average Bonchev–Trinajstić information content (AvgIpc) is 3.20.